The van der Waals surface area contributed by atoms with E-state index in [9.17, 15) is 5.11 Å². The largest absolute Gasteiger partial charge is 0.393 e. The lowest BCUT2D eigenvalue weighted by Crippen LogP contribution is -2.18. The van der Waals surface area contributed by atoms with Gasteiger partial charge in [-0.3, -0.25) is 4.98 Å². The first-order valence-corrected chi connectivity index (χ1v) is 6.36. The maximum absolute atomic E-state index is 9.80. The van der Waals surface area contributed by atoms with E-state index in [2.05, 4.69) is 29.2 Å². The van der Waals surface area contributed by atoms with Crippen molar-refractivity contribution in [1.29, 1.82) is 0 Å². The third-order valence-corrected chi connectivity index (χ3v) is 3.77. The fourth-order valence-corrected chi connectivity index (χ4v) is 2.93. The molecular formula is C15H17NO. The average Bonchev–Trinajstić information content (AvgIpc) is 2.38. The maximum Gasteiger partial charge on any atom is 0.0704 e. The van der Waals surface area contributed by atoms with E-state index in [-0.39, 0.29) is 6.10 Å². The number of hydrogen-bond acceptors (Lipinski definition) is 2. The Kier molecular flexibility index (Phi) is 2.81. The van der Waals surface area contributed by atoms with Gasteiger partial charge < -0.3 is 5.11 Å². The van der Waals surface area contributed by atoms with Crippen molar-refractivity contribution in [3.63, 3.8) is 0 Å². The summed E-state index contributed by atoms with van der Waals surface area (Å²) in [5.41, 5.74) is 2.42. The van der Waals surface area contributed by atoms with Crippen LogP contribution in [0.1, 0.15) is 37.2 Å². The van der Waals surface area contributed by atoms with Crippen molar-refractivity contribution in [2.24, 2.45) is 0 Å². The van der Waals surface area contributed by atoms with Gasteiger partial charge in [-0.15, -0.1) is 0 Å². The van der Waals surface area contributed by atoms with Crippen LogP contribution in [0.3, 0.4) is 0 Å². The maximum atomic E-state index is 9.80. The first-order valence-electron chi connectivity index (χ1n) is 6.36. The van der Waals surface area contributed by atoms with Gasteiger partial charge in [-0.1, -0.05) is 24.6 Å². The van der Waals surface area contributed by atoms with Crippen LogP contribution < -0.4 is 0 Å². The number of nitrogens with zero attached hydrogens (tertiary/aromatic N) is 1. The number of aromatic nitrogens is 1. The molecule has 3 rings (SSSR count). The molecule has 2 unspecified atom stereocenters. The zero-order valence-corrected chi connectivity index (χ0v) is 9.84. The molecular weight excluding hydrogens is 210 g/mol. The van der Waals surface area contributed by atoms with E-state index in [0.717, 1.165) is 24.8 Å². The highest BCUT2D eigenvalue weighted by molar-refractivity contribution is 5.82. The lowest BCUT2D eigenvalue weighted by Gasteiger charge is -2.27. The number of hydrogen-bond donors (Lipinski definition) is 1. The molecule has 2 atom stereocenters. The van der Waals surface area contributed by atoms with E-state index in [1.807, 2.05) is 12.3 Å². The summed E-state index contributed by atoms with van der Waals surface area (Å²) in [5, 5.41) is 11.0. The van der Waals surface area contributed by atoms with E-state index in [1.54, 1.807) is 0 Å². The number of fused-ring (bicyclic) bond motifs is 1. The molecule has 0 spiro atoms. The van der Waals surface area contributed by atoms with Crippen LogP contribution in [-0.2, 0) is 0 Å². The van der Waals surface area contributed by atoms with Crippen molar-refractivity contribution < 1.29 is 5.11 Å². The van der Waals surface area contributed by atoms with Gasteiger partial charge in [0, 0.05) is 11.6 Å². The van der Waals surface area contributed by atoms with Crippen LogP contribution >= 0.6 is 0 Å². The Morgan fingerprint density at radius 3 is 2.94 bits per heavy atom. The Labute approximate surface area is 101 Å². The normalized spacial score (nSPS) is 25.0. The molecule has 1 aliphatic rings. The highest BCUT2D eigenvalue weighted by atomic mass is 16.3. The summed E-state index contributed by atoms with van der Waals surface area (Å²) in [7, 11) is 0. The molecule has 1 heterocycles. The van der Waals surface area contributed by atoms with Gasteiger partial charge in [0.05, 0.1) is 11.6 Å². The summed E-state index contributed by atoms with van der Waals surface area (Å²) in [4.78, 5) is 4.39. The van der Waals surface area contributed by atoms with Gasteiger partial charge in [0.2, 0.25) is 0 Å². The highest BCUT2D eigenvalue weighted by Gasteiger charge is 2.22. The summed E-state index contributed by atoms with van der Waals surface area (Å²) >= 11 is 0. The molecule has 2 heteroatoms. The van der Waals surface area contributed by atoms with Crippen molar-refractivity contribution in [2.45, 2.75) is 37.7 Å². The fraction of sp³-hybridized carbons (Fsp3) is 0.400. The van der Waals surface area contributed by atoms with Gasteiger partial charge in [0.15, 0.2) is 0 Å². The van der Waals surface area contributed by atoms with Crippen LogP contribution in [0.2, 0.25) is 0 Å². The van der Waals surface area contributed by atoms with Crippen molar-refractivity contribution >= 4 is 10.9 Å². The summed E-state index contributed by atoms with van der Waals surface area (Å²) in [6.07, 6.45) is 5.88. The molecule has 0 radical (unpaired) electrons. The van der Waals surface area contributed by atoms with Crippen LogP contribution in [0.5, 0.6) is 0 Å². The summed E-state index contributed by atoms with van der Waals surface area (Å²) < 4.78 is 0. The Bertz CT molecular complexity index is 518. The molecule has 2 aromatic rings. The molecule has 0 amide bonds. The van der Waals surface area contributed by atoms with Crippen molar-refractivity contribution in [2.75, 3.05) is 0 Å². The van der Waals surface area contributed by atoms with Crippen LogP contribution in [-0.4, -0.2) is 16.2 Å². The number of aliphatic hydroxyl groups excluding tert-OH is 1. The van der Waals surface area contributed by atoms with Crippen molar-refractivity contribution in [1.82, 2.24) is 4.98 Å². The second-order valence-corrected chi connectivity index (χ2v) is 4.93. The van der Waals surface area contributed by atoms with Crippen molar-refractivity contribution in [3.8, 4) is 0 Å². The van der Waals surface area contributed by atoms with E-state index >= 15 is 0 Å². The quantitative estimate of drug-likeness (QED) is 0.811. The zero-order valence-electron chi connectivity index (χ0n) is 9.84. The molecule has 88 valence electrons. The molecule has 17 heavy (non-hydrogen) atoms. The molecule has 1 saturated carbocycles. The minimum Gasteiger partial charge on any atom is -0.393 e. The lowest BCUT2D eigenvalue weighted by atomic mass is 9.81. The Balaban J connectivity index is 2.04. The SMILES string of the molecule is OC1CCCC(c2cccc3ncccc23)C1. The Hall–Kier alpha value is -1.41. The van der Waals surface area contributed by atoms with E-state index < -0.39 is 0 Å². The van der Waals surface area contributed by atoms with Gasteiger partial charge in [0.1, 0.15) is 0 Å². The third-order valence-electron chi connectivity index (χ3n) is 3.77. The summed E-state index contributed by atoms with van der Waals surface area (Å²) in [6, 6.07) is 10.4. The molecule has 1 aliphatic carbocycles. The van der Waals surface area contributed by atoms with Crippen LogP contribution in [0, 0.1) is 0 Å². The van der Waals surface area contributed by atoms with E-state index in [0.29, 0.717) is 5.92 Å². The zero-order chi connectivity index (χ0) is 11.7. The first-order chi connectivity index (χ1) is 8.34. The summed E-state index contributed by atoms with van der Waals surface area (Å²) in [6.45, 7) is 0. The third kappa shape index (κ3) is 2.05. The molecule has 1 aromatic heterocycles. The van der Waals surface area contributed by atoms with Crippen LogP contribution in [0.4, 0.5) is 0 Å². The minimum atomic E-state index is -0.124. The average molecular weight is 227 g/mol. The molecule has 0 aliphatic heterocycles. The molecule has 2 nitrogen and oxygen atoms in total. The molecule has 0 bridgehead atoms. The van der Waals surface area contributed by atoms with E-state index in [4.69, 9.17) is 0 Å². The Morgan fingerprint density at radius 2 is 2.06 bits per heavy atom. The van der Waals surface area contributed by atoms with Crippen LogP contribution in [0.15, 0.2) is 36.5 Å². The number of aliphatic hydroxyl groups is 1. The van der Waals surface area contributed by atoms with Gasteiger partial charge in [-0.05, 0) is 42.9 Å². The predicted molar refractivity (Wildman–Crippen MR) is 69.0 cm³/mol. The van der Waals surface area contributed by atoms with Gasteiger partial charge in [-0.2, -0.15) is 0 Å². The fourth-order valence-electron chi connectivity index (χ4n) is 2.93. The smallest absolute Gasteiger partial charge is 0.0704 e. The second-order valence-electron chi connectivity index (χ2n) is 4.93. The van der Waals surface area contributed by atoms with Crippen molar-refractivity contribution in [3.05, 3.63) is 42.1 Å². The number of pyridine rings is 1. The van der Waals surface area contributed by atoms with Gasteiger partial charge in [0.25, 0.3) is 0 Å². The standard InChI is InChI=1S/C15H17NO/c17-12-5-1-4-11(10-12)13-6-2-8-15-14(13)7-3-9-16-15/h2-3,6-9,11-12,17H,1,4-5,10H2. The second kappa shape index (κ2) is 4.46. The number of rotatable bonds is 1. The highest BCUT2D eigenvalue weighted by Crippen LogP contribution is 2.35. The Morgan fingerprint density at radius 1 is 1.12 bits per heavy atom. The first kappa shape index (κ1) is 10.7. The monoisotopic (exact) mass is 227 g/mol. The molecule has 1 fully saturated rings. The molecule has 1 N–H and O–H groups in total. The van der Waals surface area contributed by atoms with Gasteiger partial charge >= 0.3 is 0 Å². The summed E-state index contributed by atoms with van der Waals surface area (Å²) in [5.74, 6) is 0.492. The van der Waals surface area contributed by atoms with Gasteiger partial charge in [-0.25, -0.2) is 0 Å². The number of benzene rings is 1. The molecule has 1 aromatic carbocycles. The molecule has 0 saturated heterocycles. The minimum absolute atomic E-state index is 0.124. The predicted octanol–water partition coefficient (Wildman–Crippen LogP) is 3.25. The topological polar surface area (TPSA) is 33.1 Å². The lowest BCUT2D eigenvalue weighted by molar-refractivity contribution is 0.120. The van der Waals surface area contributed by atoms with Crippen LogP contribution in [0.25, 0.3) is 10.9 Å². The van der Waals surface area contributed by atoms with E-state index in [1.165, 1.54) is 17.4 Å².